The first kappa shape index (κ1) is 15.1. The van der Waals surface area contributed by atoms with E-state index in [2.05, 4.69) is 10.6 Å². The summed E-state index contributed by atoms with van der Waals surface area (Å²) in [5, 5.41) is 6.48. The lowest BCUT2D eigenvalue weighted by Crippen LogP contribution is -2.62. The Kier molecular flexibility index (Phi) is 3.84. The molecular formula is C17H28N2O2S. The van der Waals surface area contributed by atoms with Crippen molar-refractivity contribution in [2.24, 2.45) is 17.8 Å². The summed E-state index contributed by atoms with van der Waals surface area (Å²) in [5.41, 5.74) is -0.0486. The molecule has 4 nitrogen and oxygen atoms in total. The topological polar surface area (TPSA) is 50.4 Å². The first-order valence-corrected chi connectivity index (χ1v) is 9.95. The SMILES string of the molecule is COC1(CNC(=O)NC23CC4CC(CC(C4)C2)C3)CCSC1. The highest BCUT2D eigenvalue weighted by Gasteiger charge is 2.51. The summed E-state index contributed by atoms with van der Waals surface area (Å²) in [4.78, 5) is 12.5. The summed E-state index contributed by atoms with van der Waals surface area (Å²) in [6, 6.07) is 0.0234. The van der Waals surface area contributed by atoms with Crippen molar-refractivity contribution in [3.63, 3.8) is 0 Å². The van der Waals surface area contributed by atoms with Gasteiger partial charge < -0.3 is 15.4 Å². The monoisotopic (exact) mass is 324 g/mol. The van der Waals surface area contributed by atoms with Gasteiger partial charge in [-0.05, 0) is 68.5 Å². The Balaban J connectivity index is 1.34. The second-order valence-electron chi connectivity index (χ2n) is 8.20. The van der Waals surface area contributed by atoms with Gasteiger partial charge in [-0.15, -0.1) is 0 Å². The fourth-order valence-corrected chi connectivity index (χ4v) is 7.15. The lowest BCUT2D eigenvalue weighted by atomic mass is 9.53. The molecule has 0 aromatic rings. The zero-order valence-electron chi connectivity index (χ0n) is 13.5. The number of nitrogens with one attached hydrogen (secondary N) is 2. The average molecular weight is 324 g/mol. The molecule has 1 aliphatic heterocycles. The number of carbonyl (C=O) groups excluding carboxylic acids is 1. The van der Waals surface area contributed by atoms with Crippen molar-refractivity contribution in [3.05, 3.63) is 0 Å². The molecule has 1 unspecified atom stereocenters. The number of thioether (sulfide) groups is 1. The quantitative estimate of drug-likeness (QED) is 0.836. The minimum atomic E-state index is -0.149. The van der Waals surface area contributed by atoms with E-state index in [9.17, 15) is 4.79 Å². The molecule has 5 rings (SSSR count). The van der Waals surface area contributed by atoms with Gasteiger partial charge in [-0.1, -0.05) is 0 Å². The molecule has 4 bridgehead atoms. The maximum absolute atomic E-state index is 12.5. The maximum Gasteiger partial charge on any atom is 0.315 e. The van der Waals surface area contributed by atoms with Crippen molar-refractivity contribution in [1.29, 1.82) is 0 Å². The van der Waals surface area contributed by atoms with E-state index in [-0.39, 0.29) is 17.2 Å². The number of ether oxygens (including phenoxy) is 1. The molecule has 1 heterocycles. The molecule has 0 aromatic heterocycles. The minimum Gasteiger partial charge on any atom is -0.376 e. The number of methoxy groups -OCH3 is 1. The minimum absolute atomic E-state index is 0.0234. The molecule has 1 saturated heterocycles. The predicted octanol–water partition coefficient (Wildman–Crippen LogP) is 2.78. The highest BCUT2D eigenvalue weighted by atomic mass is 32.2. The largest absolute Gasteiger partial charge is 0.376 e. The highest BCUT2D eigenvalue weighted by molar-refractivity contribution is 7.99. The van der Waals surface area contributed by atoms with Crippen LogP contribution in [-0.4, -0.2) is 42.3 Å². The Labute approximate surface area is 137 Å². The molecule has 0 radical (unpaired) electrons. The molecule has 5 aliphatic rings. The first-order chi connectivity index (χ1) is 10.6. The average Bonchev–Trinajstić information content (AvgIpc) is 2.93. The van der Waals surface area contributed by atoms with Gasteiger partial charge in [-0.3, -0.25) is 0 Å². The Bertz CT molecular complexity index is 413. The van der Waals surface area contributed by atoms with Gasteiger partial charge in [0, 0.05) is 24.9 Å². The van der Waals surface area contributed by atoms with Crippen LogP contribution in [0.3, 0.4) is 0 Å². The van der Waals surface area contributed by atoms with E-state index in [0.717, 1.165) is 35.7 Å². The van der Waals surface area contributed by atoms with Gasteiger partial charge in [0.05, 0.1) is 5.60 Å². The van der Waals surface area contributed by atoms with E-state index >= 15 is 0 Å². The standard InChI is InChI=1S/C17H28N2O2S/c1-21-17(2-3-22-11-17)10-18-15(20)19-16-7-12-4-13(8-16)6-14(5-12)9-16/h12-14H,2-11H2,1H3,(H2,18,19,20). The van der Waals surface area contributed by atoms with Crippen LogP contribution in [0.4, 0.5) is 4.79 Å². The fraction of sp³-hybridized carbons (Fsp3) is 0.941. The Morgan fingerprint density at radius 1 is 1.18 bits per heavy atom. The van der Waals surface area contributed by atoms with Crippen molar-refractivity contribution < 1.29 is 9.53 Å². The van der Waals surface area contributed by atoms with Gasteiger partial charge in [0.25, 0.3) is 0 Å². The van der Waals surface area contributed by atoms with E-state index in [1.54, 1.807) is 7.11 Å². The second kappa shape index (κ2) is 5.59. The summed E-state index contributed by atoms with van der Waals surface area (Å²) in [6.45, 7) is 0.634. The second-order valence-corrected chi connectivity index (χ2v) is 9.30. The summed E-state index contributed by atoms with van der Waals surface area (Å²) in [7, 11) is 1.77. The molecule has 124 valence electrons. The smallest absolute Gasteiger partial charge is 0.315 e. The molecule has 22 heavy (non-hydrogen) atoms. The zero-order chi connectivity index (χ0) is 15.2. The molecule has 2 N–H and O–H groups in total. The zero-order valence-corrected chi connectivity index (χ0v) is 14.3. The van der Waals surface area contributed by atoms with Gasteiger partial charge in [0.2, 0.25) is 0 Å². The number of rotatable bonds is 4. The first-order valence-electron chi connectivity index (χ1n) is 8.79. The van der Waals surface area contributed by atoms with Crippen LogP contribution in [0.15, 0.2) is 0 Å². The van der Waals surface area contributed by atoms with Crippen LogP contribution in [0.5, 0.6) is 0 Å². The van der Waals surface area contributed by atoms with Gasteiger partial charge in [0.15, 0.2) is 0 Å². The Morgan fingerprint density at radius 2 is 1.82 bits per heavy atom. The Morgan fingerprint density at radius 3 is 2.32 bits per heavy atom. The molecule has 0 aromatic carbocycles. The molecular weight excluding hydrogens is 296 g/mol. The van der Waals surface area contributed by atoms with E-state index in [1.807, 2.05) is 11.8 Å². The van der Waals surface area contributed by atoms with Gasteiger partial charge in [-0.2, -0.15) is 11.8 Å². The van der Waals surface area contributed by atoms with E-state index in [4.69, 9.17) is 4.74 Å². The van der Waals surface area contributed by atoms with Crippen LogP contribution >= 0.6 is 11.8 Å². The van der Waals surface area contributed by atoms with Crippen LogP contribution in [0.2, 0.25) is 0 Å². The third-order valence-corrected chi connectivity index (χ3v) is 7.71. The number of urea groups is 1. The summed E-state index contributed by atoms with van der Waals surface area (Å²) >= 11 is 1.92. The highest BCUT2D eigenvalue weighted by Crippen LogP contribution is 2.55. The van der Waals surface area contributed by atoms with Crippen LogP contribution in [0.25, 0.3) is 0 Å². The van der Waals surface area contributed by atoms with Gasteiger partial charge >= 0.3 is 6.03 Å². The van der Waals surface area contributed by atoms with E-state index < -0.39 is 0 Å². The summed E-state index contributed by atoms with van der Waals surface area (Å²) < 4.78 is 5.68. The molecule has 4 aliphatic carbocycles. The van der Waals surface area contributed by atoms with Gasteiger partial charge in [-0.25, -0.2) is 4.79 Å². The molecule has 1 atom stereocenters. The molecule has 4 saturated carbocycles. The Hall–Kier alpha value is -0.420. The van der Waals surface area contributed by atoms with Crippen LogP contribution < -0.4 is 10.6 Å². The lowest BCUT2D eigenvalue weighted by molar-refractivity contribution is -0.0148. The van der Waals surface area contributed by atoms with Crippen molar-refractivity contribution in [3.8, 4) is 0 Å². The van der Waals surface area contributed by atoms with Crippen LogP contribution in [0, 0.1) is 17.8 Å². The third kappa shape index (κ3) is 2.75. The van der Waals surface area contributed by atoms with Crippen molar-refractivity contribution in [1.82, 2.24) is 10.6 Å². The van der Waals surface area contributed by atoms with Gasteiger partial charge in [0.1, 0.15) is 0 Å². The molecule has 0 spiro atoms. The molecule has 5 fully saturated rings. The normalized spacial score (nSPS) is 46.0. The van der Waals surface area contributed by atoms with E-state index in [1.165, 1.54) is 38.5 Å². The van der Waals surface area contributed by atoms with Crippen molar-refractivity contribution >= 4 is 17.8 Å². The van der Waals surface area contributed by atoms with Crippen LogP contribution in [0.1, 0.15) is 44.9 Å². The fourth-order valence-electron chi connectivity index (χ4n) is 5.75. The number of amides is 2. The summed E-state index contributed by atoms with van der Waals surface area (Å²) in [6.07, 6.45) is 8.88. The molecule has 5 heteroatoms. The number of hydrogen-bond acceptors (Lipinski definition) is 3. The van der Waals surface area contributed by atoms with Crippen molar-refractivity contribution in [2.45, 2.75) is 56.1 Å². The number of carbonyl (C=O) groups is 1. The third-order valence-electron chi connectivity index (χ3n) is 6.49. The van der Waals surface area contributed by atoms with E-state index in [0.29, 0.717) is 6.54 Å². The predicted molar refractivity (Wildman–Crippen MR) is 89.1 cm³/mol. The maximum atomic E-state index is 12.5. The van der Waals surface area contributed by atoms with Crippen molar-refractivity contribution in [2.75, 3.05) is 25.2 Å². The summed E-state index contributed by atoms with van der Waals surface area (Å²) in [5.74, 6) is 4.71. The van der Waals surface area contributed by atoms with Crippen LogP contribution in [-0.2, 0) is 4.74 Å². The lowest BCUT2D eigenvalue weighted by Gasteiger charge is -2.56. The number of hydrogen-bond donors (Lipinski definition) is 2. The molecule has 2 amide bonds.